The largest absolute Gasteiger partial charge is 0.386 e. The van der Waals surface area contributed by atoms with E-state index in [1.165, 1.54) is 0 Å². The maximum absolute atomic E-state index is 12.5. The second kappa shape index (κ2) is 5.35. The van der Waals surface area contributed by atoms with E-state index in [0.717, 1.165) is 5.69 Å². The summed E-state index contributed by atoms with van der Waals surface area (Å²) in [5, 5.41) is 3.00. The summed E-state index contributed by atoms with van der Waals surface area (Å²) in [5.74, 6) is 0.0313. The topological polar surface area (TPSA) is 54.5 Å². The summed E-state index contributed by atoms with van der Waals surface area (Å²) in [4.78, 5) is 18.3. The van der Waals surface area contributed by atoms with E-state index >= 15 is 0 Å². The van der Waals surface area contributed by atoms with Gasteiger partial charge in [0, 0.05) is 26.3 Å². The van der Waals surface area contributed by atoms with Gasteiger partial charge in [-0.1, -0.05) is 0 Å². The Hall–Kier alpha value is -1.62. The van der Waals surface area contributed by atoms with Gasteiger partial charge < -0.3 is 15.0 Å². The number of carbonyl (C=O) groups is 1. The number of rotatable bonds is 2. The molecule has 2 atom stereocenters. The van der Waals surface area contributed by atoms with E-state index in [0.29, 0.717) is 18.7 Å². The zero-order valence-corrected chi connectivity index (χ0v) is 11.0. The molecule has 0 aromatic carbocycles. The van der Waals surface area contributed by atoms with Crippen molar-refractivity contribution < 1.29 is 9.53 Å². The minimum Gasteiger partial charge on any atom is -0.386 e. The SMILES string of the molecule is CNc1cnccc1C(=O)N1CC(C)OC(C)C1. The van der Waals surface area contributed by atoms with Crippen LogP contribution in [0.15, 0.2) is 18.5 Å². The Morgan fingerprint density at radius 1 is 1.44 bits per heavy atom. The number of nitrogens with one attached hydrogen (secondary N) is 1. The Kier molecular flexibility index (Phi) is 3.81. The van der Waals surface area contributed by atoms with Crippen LogP contribution in [-0.2, 0) is 4.74 Å². The van der Waals surface area contributed by atoms with Crippen molar-refractivity contribution >= 4 is 11.6 Å². The lowest BCUT2D eigenvalue weighted by Gasteiger charge is -2.35. The number of amides is 1. The van der Waals surface area contributed by atoms with Crippen molar-refractivity contribution in [3.05, 3.63) is 24.0 Å². The zero-order valence-electron chi connectivity index (χ0n) is 11.0. The molecule has 2 unspecified atom stereocenters. The highest BCUT2D eigenvalue weighted by Gasteiger charge is 2.27. The van der Waals surface area contributed by atoms with E-state index in [1.807, 2.05) is 18.7 Å². The average molecular weight is 249 g/mol. The van der Waals surface area contributed by atoms with E-state index < -0.39 is 0 Å². The van der Waals surface area contributed by atoms with Gasteiger partial charge in [0.05, 0.1) is 29.7 Å². The number of morpholine rings is 1. The first kappa shape index (κ1) is 12.8. The predicted molar refractivity (Wildman–Crippen MR) is 69.7 cm³/mol. The van der Waals surface area contributed by atoms with Gasteiger partial charge in [-0.2, -0.15) is 0 Å². The Morgan fingerprint density at radius 3 is 2.72 bits per heavy atom. The van der Waals surface area contributed by atoms with Crippen molar-refractivity contribution in [1.29, 1.82) is 0 Å². The molecule has 1 saturated heterocycles. The molecule has 1 aliphatic heterocycles. The van der Waals surface area contributed by atoms with Crippen LogP contribution < -0.4 is 5.32 Å². The Bertz CT molecular complexity index is 426. The quantitative estimate of drug-likeness (QED) is 0.860. The van der Waals surface area contributed by atoms with Crippen LogP contribution in [0.25, 0.3) is 0 Å². The molecule has 0 saturated carbocycles. The smallest absolute Gasteiger partial charge is 0.256 e. The van der Waals surface area contributed by atoms with E-state index in [9.17, 15) is 4.79 Å². The number of hydrogen-bond acceptors (Lipinski definition) is 4. The lowest BCUT2D eigenvalue weighted by atomic mass is 10.1. The maximum Gasteiger partial charge on any atom is 0.256 e. The molecule has 5 heteroatoms. The summed E-state index contributed by atoms with van der Waals surface area (Å²) in [6.45, 7) is 5.24. The van der Waals surface area contributed by atoms with Crippen molar-refractivity contribution in [2.45, 2.75) is 26.1 Å². The molecule has 1 fully saturated rings. The molecular weight excluding hydrogens is 230 g/mol. The fourth-order valence-electron chi connectivity index (χ4n) is 2.29. The molecule has 0 aliphatic carbocycles. The Balaban J connectivity index is 2.20. The fourth-order valence-corrected chi connectivity index (χ4v) is 2.29. The molecule has 2 rings (SSSR count). The number of ether oxygens (including phenoxy) is 1. The number of hydrogen-bond donors (Lipinski definition) is 1. The summed E-state index contributed by atoms with van der Waals surface area (Å²) < 4.78 is 5.64. The monoisotopic (exact) mass is 249 g/mol. The van der Waals surface area contributed by atoms with Gasteiger partial charge in [0.2, 0.25) is 0 Å². The molecule has 18 heavy (non-hydrogen) atoms. The molecular formula is C13H19N3O2. The van der Waals surface area contributed by atoms with Crippen LogP contribution in [0.3, 0.4) is 0 Å². The van der Waals surface area contributed by atoms with Crippen molar-refractivity contribution in [1.82, 2.24) is 9.88 Å². The fraction of sp³-hybridized carbons (Fsp3) is 0.538. The number of pyridine rings is 1. The van der Waals surface area contributed by atoms with Crippen LogP contribution >= 0.6 is 0 Å². The van der Waals surface area contributed by atoms with Crippen LogP contribution in [0.5, 0.6) is 0 Å². The first-order valence-corrected chi connectivity index (χ1v) is 6.18. The number of carbonyl (C=O) groups excluding carboxylic acids is 1. The maximum atomic E-state index is 12.5. The molecule has 0 bridgehead atoms. The van der Waals surface area contributed by atoms with Crippen molar-refractivity contribution in [3.8, 4) is 0 Å². The van der Waals surface area contributed by atoms with Crippen LogP contribution in [0.2, 0.25) is 0 Å². The molecule has 1 N–H and O–H groups in total. The number of aromatic nitrogens is 1. The molecule has 1 aromatic heterocycles. The molecule has 1 aliphatic rings. The average Bonchev–Trinajstić information content (AvgIpc) is 2.36. The molecule has 0 spiro atoms. The van der Waals surface area contributed by atoms with Gasteiger partial charge in [-0.3, -0.25) is 9.78 Å². The summed E-state index contributed by atoms with van der Waals surface area (Å²) in [7, 11) is 1.79. The minimum atomic E-state index is 0.0313. The van der Waals surface area contributed by atoms with E-state index in [2.05, 4.69) is 10.3 Å². The lowest BCUT2D eigenvalue weighted by molar-refractivity contribution is -0.0585. The molecule has 2 heterocycles. The minimum absolute atomic E-state index is 0.0313. The van der Waals surface area contributed by atoms with E-state index in [1.54, 1.807) is 25.5 Å². The number of anilines is 1. The van der Waals surface area contributed by atoms with Gasteiger partial charge in [0.15, 0.2) is 0 Å². The highest BCUT2D eigenvalue weighted by Crippen LogP contribution is 2.18. The van der Waals surface area contributed by atoms with E-state index in [-0.39, 0.29) is 18.1 Å². The third-order valence-electron chi connectivity index (χ3n) is 3.03. The van der Waals surface area contributed by atoms with Gasteiger partial charge in [0.25, 0.3) is 5.91 Å². The normalized spacial score (nSPS) is 23.8. The van der Waals surface area contributed by atoms with Gasteiger partial charge in [-0.05, 0) is 19.9 Å². The van der Waals surface area contributed by atoms with E-state index in [4.69, 9.17) is 4.74 Å². The van der Waals surface area contributed by atoms with Gasteiger partial charge in [-0.25, -0.2) is 0 Å². The van der Waals surface area contributed by atoms with Crippen molar-refractivity contribution in [2.24, 2.45) is 0 Å². The number of nitrogens with zero attached hydrogens (tertiary/aromatic N) is 2. The van der Waals surface area contributed by atoms with Crippen LogP contribution in [0, 0.1) is 0 Å². The van der Waals surface area contributed by atoms with Crippen molar-refractivity contribution in [2.75, 3.05) is 25.5 Å². The van der Waals surface area contributed by atoms with Crippen molar-refractivity contribution in [3.63, 3.8) is 0 Å². The second-order valence-electron chi connectivity index (χ2n) is 4.64. The molecule has 98 valence electrons. The molecule has 0 radical (unpaired) electrons. The van der Waals surface area contributed by atoms with Gasteiger partial charge >= 0.3 is 0 Å². The molecule has 1 aromatic rings. The summed E-state index contributed by atoms with van der Waals surface area (Å²) in [6, 6.07) is 1.75. The molecule has 5 nitrogen and oxygen atoms in total. The second-order valence-corrected chi connectivity index (χ2v) is 4.64. The van der Waals surface area contributed by atoms with Gasteiger partial charge in [0.1, 0.15) is 0 Å². The highest BCUT2D eigenvalue weighted by atomic mass is 16.5. The van der Waals surface area contributed by atoms with Crippen LogP contribution in [0.4, 0.5) is 5.69 Å². The van der Waals surface area contributed by atoms with Crippen LogP contribution in [0.1, 0.15) is 24.2 Å². The zero-order chi connectivity index (χ0) is 13.1. The highest BCUT2D eigenvalue weighted by molar-refractivity contribution is 5.99. The first-order valence-electron chi connectivity index (χ1n) is 6.18. The lowest BCUT2D eigenvalue weighted by Crippen LogP contribution is -2.48. The van der Waals surface area contributed by atoms with Crippen LogP contribution in [-0.4, -0.2) is 48.1 Å². The summed E-state index contributed by atoms with van der Waals surface area (Å²) >= 11 is 0. The standard InChI is InChI=1S/C13H19N3O2/c1-9-7-16(8-10(2)18-9)13(17)11-4-5-15-6-12(11)14-3/h4-6,9-10,14H,7-8H2,1-3H3. The molecule has 1 amide bonds. The summed E-state index contributed by atoms with van der Waals surface area (Å²) in [6.07, 6.45) is 3.47. The first-order chi connectivity index (χ1) is 8.61. The third-order valence-corrected chi connectivity index (χ3v) is 3.03. The van der Waals surface area contributed by atoms with Gasteiger partial charge in [-0.15, -0.1) is 0 Å². The Labute approximate surface area is 107 Å². The predicted octanol–water partition coefficient (Wildman–Crippen LogP) is 1.37. The Morgan fingerprint density at radius 2 is 2.11 bits per heavy atom. The third kappa shape index (κ3) is 2.61. The summed E-state index contributed by atoms with van der Waals surface area (Å²) in [5.41, 5.74) is 1.42.